The number of aliphatic hydroxyl groups is 1. The van der Waals surface area contributed by atoms with Crippen molar-refractivity contribution in [3.8, 4) is 0 Å². The van der Waals surface area contributed by atoms with E-state index in [1.165, 1.54) is 6.08 Å². The lowest BCUT2D eigenvalue weighted by Crippen LogP contribution is -2.09. The molecule has 0 aliphatic carbocycles. The van der Waals surface area contributed by atoms with Crippen molar-refractivity contribution in [2.45, 2.75) is 20.3 Å². The molecular formula is C13H20N2O2. The fourth-order valence-corrected chi connectivity index (χ4v) is 1.10. The Kier molecular flexibility index (Phi) is 7.26. The summed E-state index contributed by atoms with van der Waals surface area (Å²) in [7, 11) is 1.55. The van der Waals surface area contributed by atoms with E-state index in [0.717, 1.165) is 0 Å². The number of nitrogens with zero attached hydrogens (tertiary/aromatic N) is 1. The number of hydrogen-bond acceptors (Lipinski definition) is 4. The van der Waals surface area contributed by atoms with Crippen LogP contribution >= 0.6 is 0 Å². The van der Waals surface area contributed by atoms with E-state index in [2.05, 4.69) is 11.6 Å². The van der Waals surface area contributed by atoms with Crippen molar-refractivity contribution in [3.63, 3.8) is 0 Å². The standard InChI is InChI=1S/C11H14N2O2.C2H6/c1-8-6-10(15-2)5-3-4-9(14)7-11(12)13-8;1-2/h3,5-7,14H,1,4H2,2H3,(H2,12,13);1-2H3/b5-3-,9-7+,10-6+;. The van der Waals surface area contributed by atoms with Gasteiger partial charge < -0.3 is 15.6 Å². The van der Waals surface area contributed by atoms with Crippen LogP contribution < -0.4 is 5.73 Å². The highest BCUT2D eigenvalue weighted by molar-refractivity contribution is 5.92. The lowest BCUT2D eigenvalue weighted by molar-refractivity contribution is 0.306. The molecule has 1 heterocycles. The lowest BCUT2D eigenvalue weighted by Gasteiger charge is -2.03. The Morgan fingerprint density at radius 3 is 2.65 bits per heavy atom. The van der Waals surface area contributed by atoms with Crippen LogP contribution in [0.15, 0.2) is 53.1 Å². The molecule has 0 spiro atoms. The maximum Gasteiger partial charge on any atom is 0.127 e. The zero-order valence-corrected chi connectivity index (χ0v) is 10.6. The average Bonchev–Trinajstić information content (AvgIpc) is 2.29. The van der Waals surface area contributed by atoms with E-state index in [9.17, 15) is 5.11 Å². The summed E-state index contributed by atoms with van der Waals surface area (Å²) < 4.78 is 5.07. The first-order valence-electron chi connectivity index (χ1n) is 5.46. The van der Waals surface area contributed by atoms with E-state index in [-0.39, 0.29) is 11.6 Å². The molecule has 94 valence electrons. The normalized spacial score (nSPS) is 23.9. The van der Waals surface area contributed by atoms with Crippen molar-refractivity contribution in [3.05, 3.63) is 48.1 Å². The van der Waals surface area contributed by atoms with Crippen molar-refractivity contribution >= 4 is 5.84 Å². The first-order valence-corrected chi connectivity index (χ1v) is 5.46. The molecule has 0 fully saturated rings. The molecule has 17 heavy (non-hydrogen) atoms. The molecule has 1 rings (SSSR count). The number of ether oxygens (including phenoxy) is 1. The molecule has 0 atom stereocenters. The molecule has 1 aliphatic heterocycles. The average molecular weight is 236 g/mol. The molecule has 0 aromatic heterocycles. The number of amidine groups is 1. The zero-order valence-electron chi connectivity index (χ0n) is 10.6. The van der Waals surface area contributed by atoms with Crippen LogP contribution in [-0.4, -0.2) is 18.1 Å². The third-order valence-corrected chi connectivity index (χ3v) is 1.74. The maximum atomic E-state index is 9.41. The molecule has 0 aromatic rings. The summed E-state index contributed by atoms with van der Waals surface area (Å²) in [6.45, 7) is 7.69. The Labute approximate surface area is 103 Å². The second-order valence-corrected chi connectivity index (χ2v) is 3.02. The summed E-state index contributed by atoms with van der Waals surface area (Å²) >= 11 is 0. The van der Waals surface area contributed by atoms with Crippen molar-refractivity contribution in [1.82, 2.24) is 0 Å². The Morgan fingerprint density at radius 2 is 2.06 bits per heavy atom. The number of hydrogen-bond donors (Lipinski definition) is 2. The molecule has 0 radical (unpaired) electrons. The van der Waals surface area contributed by atoms with Crippen LogP contribution in [-0.2, 0) is 4.74 Å². The summed E-state index contributed by atoms with van der Waals surface area (Å²) in [4.78, 5) is 3.96. The van der Waals surface area contributed by atoms with Gasteiger partial charge in [-0.25, -0.2) is 4.99 Å². The zero-order chi connectivity index (χ0) is 13.3. The first-order chi connectivity index (χ1) is 8.11. The van der Waals surface area contributed by atoms with Gasteiger partial charge in [0.25, 0.3) is 0 Å². The Bertz CT molecular complexity index is 377. The van der Waals surface area contributed by atoms with Crippen molar-refractivity contribution in [2.24, 2.45) is 10.7 Å². The second-order valence-electron chi connectivity index (χ2n) is 3.02. The number of rotatable bonds is 1. The van der Waals surface area contributed by atoms with E-state index >= 15 is 0 Å². The van der Waals surface area contributed by atoms with Crippen LogP contribution in [0.5, 0.6) is 0 Å². The molecule has 3 N–H and O–H groups in total. The minimum atomic E-state index is 0.151. The van der Waals surface area contributed by atoms with E-state index in [1.54, 1.807) is 25.3 Å². The lowest BCUT2D eigenvalue weighted by atomic mass is 10.2. The predicted molar refractivity (Wildman–Crippen MR) is 71.7 cm³/mol. The molecule has 4 heteroatoms. The summed E-state index contributed by atoms with van der Waals surface area (Å²) in [5.74, 6) is 0.989. The fraction of sp³-hybridized carbons (Fsp3) is 0.308. The van der Waals surface area contributed by atoms with E-state index in [4.69, 9.17) is 10.5 Å². The van der Waals surface area contributed by atoms with Gasteiger partial charge in [0.1, 0.15) is 11.6 Å². The first kappa shape index (κ1) is 15.0. The maximum absolute atomic E-state index is 9.41. The summed E-state index contributed by atoms with van der Waals surface area (Å²) in [6.07, 6.45) is 6.98. The molecule has 0 aromatic carbocycles. The predicted octanol–water partition coefficient (Wildman–Crippen LogP) is 2.82. The SMILES string of the molecule is C=C1/C=C(OC)\C=C/C/C(O)=C\C(N)=N1.CC. The van der Waals surface area contributed by atoms with Crippen LogP contribution in [0.4, 0.5) is 0 Å². The third kappa shape index (κ3) is 6.25. The number of methoxy groups -OCH3 is 1. The van der Waals surface area contributed by atoms with Gasteiger partial charge in [0.15, 0.2) is 0 Å². The van der Waals surface area contributed by atoms with Crippen LogP contribution in [0.2, 0.25) is 0 Å². The van der Waals surface area contributed by atoms with Crippen molar-refractivity contribution in [1.29, 1.82) is 0 Å². The Morgan fingerprint density at radius 1 is 1.41 bits per heavy atom. The minimum absolute atomic E-state index is 0.151. The fourth-order valence-electron chi connectivity index (χ4n) is 1.10. The van der Waals surface area contributed by atoms with Gasteiger partial charge in [0.2, 0.25) is 0 Å². The molecule has 0 unspecified atom stereocenters. The Hall–Kier alpha value is -1.97. The van der Waals surface area contributed by atoms with E-state index in [0.29, 0.717) is 17.9 Å². The molecule has 0 saturated heterocycles. The van der Waals surface area contributed by atoms with Crippen LogP contribution in [0, 0.1) is 0 Å². The van der Waals surface area contributed by atoms with Gasteiger partial charge in [0.05, 0.1) is 18.6 Å². The summed E-state index contributed by atoms with van der Waals surface area (Å²) in [5.41, 5.74) is 6.02. The molecular weight excluding hydrogens is 216 g/mol. The smallest absolute Gasteiger partial charge is 0.127 e. The van der Waals surface area contributed by atoms with Crippen LogP contribution in [0.1, 0.15) is 20.3 Å². The van der Waals surface area contributed by atoms with Gasteiger partial charge in [-0.3, -0.25) is 0 Å². The molecule has 1 aliphatic rings. The summed E-state index contributed by atoms with van der Waals surface area (Å²) in [5, 5.41) is 9.41. The van der Waals surface area contributed by atoms with Gasteiger partial charge in [-0.1, -0.05) is 26.5 Å². The topological polar surface area (TPSA) is 67.8 Å². The number of allylic oxidation sites excluding steroid dienone is 3. The van der Waals surface area contributed by atoms with Crippen LogP contribution in [0.3, 0.4) is 0 Å². The Balaban J connectivity index is 0.00000121. The van der Waals surface area contributed by atoms with E-state index in [1.807, 2.05) is 13.8 Å². The van der Waals surface area contributed by atoms with Crippen molar-refractivity contribution < 1.29 is 9.84 Å². The third-order valence-electron chi connectivity index (χ3n) is 1.74. The molecule has 4 nitrogen and oxygen atoms in total. The monoisotopic (exact) mass is 236 g/mol. The molecule has 0 bridgehead atoms. The number of aliphatic hydroxyl groups excluding tert-OH is 1. The number of nitrogens with two attached hydrogens (primary N) is 1. The van der Waals surface area contributed by atoms with Gasteiger partial charge in [0, 0.05) is 18.6 Å². The molecule has 0 saturated carbocycles. The van der Waals surface area contributed by atoms with Crippen LogP contribution in [0.25, 0.3) is 0 Å². The van der Waals surface area contributed by atoms with Gasteiger partial charge in [-0.15, -0.1) is 0 Å². The number of aliphatic imine (C=N–C) groups is 1. The minimum Gasteiger partial charge on any atom is -0.512 e. The van der Waals surface area contributed by atoms with Gasteiger partial charge in [-0.2, -0.15) is 0 Å². The van der Waals surface area contributed by atoms with Gasteiger partial charge >= 0.3 is 0 Å². The largest absolute Gasteiger partial charge is 0.512 e. The van der Waals surface area contributed by atoms with Gasteiger partial charge in [-0.05, 0) is 6.08 Å². The van der Waals surface area contributed by atoms with E-state index < -0.39 is 0 Å². The quantitative estimate of drug-likeness (QED) is 0.735. The highest BCUT2D eigenvalue weighted by atomic mass is 16.5. The summed E-state index contributed by atoms with van der Waals surface area (Å²) in [6, 6.07) is 0. The van der Waals surface area contributed by atoms with Crippen molar-refractivity contribution in [2.75, 3.05) is 7.11 Å². The highest BCUT2D eigenvalue weighted by Gasteiger charge is 1.98. The second kappa shape index (κ2) is 8.21. The molecule has 0 amide bonds. The highest BCUT2D eigenvalue weighted by Crippen LogP contribution is 2.09.